The molecular formula is C22H19N3O7S. The molecule has 2 amide bonds. The van der Waals surface area contributed by atoms with Gasteiger partial charge in [0, 0.05) is 16.6 Å². The van der Waals surface area contributed by atoms with Crippen molar-refractivity contribution in [2.75, 3.05) is 10.6 Å². The average Bonchev–Trinajstić information content (AvgIpc) is 3.17. The largest absolute Gasteiger partial charge is 0.478 e. The average molecular weight is 469 g/mol. The van der Waals surface area contributed by atoms with Crippen molar-refractivity contribution in [1.29, 1.82) is 0 Å². The predicted octanol–water partition coefficient (Wildman–Crippen LogP) is 3.75. The Morgan fingerprint density at radius 2 is 1.73 bits per heavy atom. The SMILES string of the molecule is Cc1cc(NC(=O)C(C)Sc2cccc(NC(=O)c3ccc(C(=O)O)cc3C(=O)O)c2)no1. The summed E-state index contributed by atoms with van der Waals surface area (Å²) >= 11 is 1.25. The van der Waals surface area contributed by atoms with Crippen molar-refractivity contribution >= 4 is 47.0 Å². The van der Waals surface area contributed by atoms with Crippen LogP contribution in [0.4, 0.5) is 11.5 Å². The van der Waals surface area contributed by atoms with E-state index >= 15 is 0 Å². The standard InChI is InChI=1S/C22H19N3O7S/c1-11-8-18(25-32-11)24-19(26)12(2)33-15-5-3-4-14(10-15)23-20(27)16-7-6-13(21(28)29)9-17(16)22(30)31/h3-10,12H,1-2H3,(H,23,27)(H,28,29)(H,30,31)(H,24,25,26). The maximum absolute atomic E-state index is 12.7. The first kappa shape index (κ1) is 23.5. The maximum Gasteiger partial charge on any atom is 0.336 e. The number of nitrogens with one attached hydrogen (secondary N) is 2. The van der Waals surface area contributed by atoms with Crippen molar-refractivity contribution < 1.29 is 33.9 Å². The van der Waals surface area contributed by atoms with E-state index in [4.69, 9.17) is 9.63 Å². The number of amides is 2. The smallest absolute Gasteiger partial charge is 0.336 e. The highest BCUT2D eigenvalue weighted by molar-refractivity contribution is 8.00. The molecule has 0 saturated carbocycles. The minimum Gasteiger partial charge on any atom is -0.478 e. The van der Waals surface area contributed by atoms with Crippen LogP contribution in [0, 0.1) is 6.92 Å². The van der Waals surface area contributed by atoms with Gasteiger partial charge in [0.25, 0.3) is 5.91 Å². The second-order valence-corrected chi connectivity index (χ2v) is 8.34. The second-order valence-electron chi connectivity index (χ2n) is 6.92. The van der Waals surface area contributed by atoms with Crippen molar-refractivity contribution in [3.05, 3.63) is 71.0 Å². The van der Waals surface area contributed by atoms with Crippen LogP contribution in [0.15, 0.2) is 57.9 Å². The van der Waals surface area contributed by atoms with Crippen molar-refractivity contribution in [3.8, 4) is 0 Å². The highest BCUT2D eigenvalue weighted by atomic mass is 32.2. The molecule has 0 aliphatic carbocycles. The number of carbonyl (C=O) groups is 4. The molecule has 11 heteroatoms. The molecule has 1 atom stereocenters. The van der Waals surface area contributed by atoms with Gasteiger partial charge in [-0.05, 0) is 50.2 Å². The van der Waals surface area contributed by atoms with Gasteiger partial charge < -0.3 is 25.4 Å². The molecule has 2 aromatic carbocycles. The molecule has 1 aromatic heterocycles. The lowest BCUT2D eigenvalue weighted by Gasteiger charge is -2.12. The number of carboxylic acids is 2. The maximum atomic E-state index is 12.7. The Labute approximate surface area is 192 Å². The van der Waals surface area contributed by atoms with Crippen LogP contribution in [0.3, 0.4) is 0 Å². The fourth-order valence-corrected chi connectivity index (χ4v) is 3.73. The molecule has 170 valence electrons. The first-order valence-corrected chi connectivity index (χ1v) is 10.4. The number of aryl methyl sites for hydroxylation is 1. The van der Waals surface area contributed by atoms with E-state index in [1.807, 2.05) is 0 Å². The lowest BCUT2D eigenvalue weighted by atomic mass is 10.0. The van der Waals surface area contributed by atoms with Crippen LogP contribution < -0.4 is 10.6 Å². The summed E-state index contributed by atoms with van der Waals surface area (Å²) in [6.45, 7) is 3.42. The Bertz CT molecular complexity index is 1240. The van der Waals surface area contributed by atoms with Gasteiger partial charge in [-0.2, -0.15) is 0 Å². The summed E-state index contributed by atoms with van der Waals surface area (Å²) in [5, 5.41) is 26.9. The van der Waals surface area contributed by atoms with E-state index in [9.17, 15) is 24.3 Å². The fraction of sp³-hybridized carbons (Fsp3) is 0.136. The van der Waals surface area contributed by atoms with E-state index < -0.39 is 28.7 Å². The van der Waals surface area contributed by atoms with E-state index in [0.29, 0.717) is 22.2 Å². The van der Waals surface area contributed by atoms with Gasteiger partial charge in [0.2, 0.25) is 5.91 Å². The Hall–Kier alpha value is -4.12. The Morgan fingerprint density at radius 1 is 0.970 bits per heavy atom. The third-order valence-electron chi connectivity index (χ3n) is 4.39. The third kappa shape index (κ3) is 5.98. The number of anilines is 2. The summed E-state index contributed by atoms with van der Waals surface area (Å²) < 4.78 is 4.92. The predicted molar refractivity (Wildman–Crippen MR) is 120 cm³/mol. The van der Waals surface area contributed by atoms with Crippen molar-refractivity contribution in [2.45, 2.75) is 24.0 Å². The summed E-state index contributed by atoms with van der Waals surface area (Å²) in [5.41, 5.74) is -0.466. The second kappa shape index (κ2) is 10.0. The molecule has 3 rings (SSSR count). The number of hydrogen-bond donors (Lipinski definition) is 4. The van der Waals surface area contributed by atoms with Gasteiger partial charge in [-0.1, -0.05) is 11.2 Å². The highest BCUT2D eigenvalue weighted by Gasteiger charge is 2.20. The molecule has 4 N–H and O–H groups in total. The molecule has 1 unspecified atom stereocenters. The van der Waals surface area contributed by atoms with E-state index in [-0.39, 0.29) is 17.0 Å². The lowest BCUT2D eigenvalue weighted by Crippen LogP contribution is -2.22. The van der Waals surface area contributed by atoms with E-state index in [2.05, 4.69) is 15.8 Å². The molecule has 0 bridgehead atoms. The van der Waals surface area contributed by atoms with Crippen LogP contribution in [0.1, 0.15) is 43.8 Å². The normalized spacial score (nSPS) is 11.5. The summed E-state index contributed by atoms with van der Waals surface area (Å²) in [7, 11) is 0. The van der Waals surface area contributed by atoms with Gasteiger partial charge in [0.15, 0.2) is 5.82 Å². The number of rotatable bonds is 8. The number of hydrogen-bond acceptors (Lipinski definition) is 7. The molecule has 0 fully saturated rings. The Morgan fingerprint density at radius 3 is 2.36 bits per heavy atom. The molecule has 0 saturated heterocycles. The van der Waals surface area contributed by atoms with Crippen molar-refractivity contribution in [1.82, 2.24) is 5.16 Å². The number of carboxylic acid groups (broad SMARTS) is 2. The van der Waals surface area contributed by atoms with Crippen LogP contribution in [0.5, 0.6) is 0 Å². The lowest BCUT2D eigenvalue weighted by molar-refractivity contribution is -0.115. The number of benzene rings is 2. The van der Waals surface area contributed by atoms with Gasteiger partial charge in [-0.25, -0.2) is 9.59 Å². The van der Waals surface area contributed by atoms with Crippen LogP contribution >= 0.6 is 11.8 Å². The van der Waals surface area contributed by atoms with Gasteiger partial charge in [-0.15, -0.1) is 11.8 Å². The summed E-state index contributed by atoms with van der Waals surface area (Å²) in [5.74, 6) is -2.83. The third-order valence-corrected chi connectivity index (χ3v) is 5.49. The summed E-state index contributed by atoms with van der Waals surface area (Å²) in [4.78, 5) is 48.3. The van der Waals surface area contributed by atoms with Crippen LogP contribution in [0.25, 0.3) is 0 Å². The van der Waals surface area contributed by atoms with Crippen LogP contribution in [-0.4, -0.2) is 44.4 Å². The quantitative estimate of drug-likeness (QED) is 0.360. The van der Waals surface area contributed by atoms with Gasteiger partial charge >= 0.3 is 11.9 Å². The molecule has 0 aliphatic rings. The Balaban J connectivity index is 1.71. The Kier molecular flexibility index (Phi) is 7.13. The van der Waals surface area contributed by atoms with Gasteiger partial charge in [0.1, 0.15) is 5.76 Å². The zero-order chi connectivity index (χ0) is 24.1. The molecule has 1 heterocycles. The minimum absolute atomic E-state index is 0.179. The molecular weight excluding hydrogens is 450 g/mol. The van der Waals surface area contributed by atoms with Crippen LogP contribution in [-0.2, 0) is 4.79 Å². The van der Waals surface area contributed by atoms with Gasteiger partial charge in [0.05, 0.1) is 21.9 Å². The highest BCUT2D eigenvalue weighted by Crippen LogP contribution is 2.27. The number of thioether (sulfide) groups is 1. The molecule has 3 aromatic rings. The summed E-state index contributed by atoms with van der Waals surface area (Å²) in [6, 6.07) is 11.5. The topological polar surface area (TPSA) is 159 Å². The first-order valence-electron chi connectivity index (χ1n) is 9.57. The number of nitrogens with zero attached hydrogens (tertiary/aromatic N) is 1. The molecule has 0 spiro atoms. The summed E-state index contributed by atoms with van der Waals surface area (Å²) in [6.07, 6.45) is 0. The zero-order valence-corrected chi connectivity index (χ0v) is 18.3. The van der Waals surface area contributed by atoms with E-state index in [0.717, 1.165) is 18.2 Å². The van der Waals surface area contributed by atoms with Crippen molar-refractivity contribution in [2.24, 2.45) is 0 Å². The molecule has 0 aliphatic heterocycles. The van der Waals surface area contributed by atoms with E-state index in [1.165, 1.54) is 11.8 Å². The number of carbonyl (C=O) groups excluding carboxylic acids is 2. The first-order chi connectivity index (χ1) is 15.6. The molecule has 10 nitrogen and oxygen atoms in total. The molecule has 0 radical (unpaired) electrons. The minimum atomic E-state index is -1.42. The van der Waals surface area contributed by atoms with Crippen LogP contribution in [0.2, 0.25) is 0 Å². The molecule has 33 heavy (non-hydrogen) atoms. The number of aromatic nitrogens is 1. The fourth-order valence-electron chi connectivity index (χ4n) is 2.81. The monoisotopic (exact) mass is 469 g/mol. The number of aromatic carboxylic acids is 2. The van der Waals surface area contributed by atoms with E-state index in [1.54, 1.807) is 44.2 Å². The van der Waals surface area contributed by atoms with Gasteiger partial charge in [-0.3, -0.25) is 9.59 Å². The van der Waals surface area contributed by atoms with Crippen molar-refractivity contribution in [3.63, 3.8) is 0 Å². The zero-order valence-electron chi connectivity index (χ0n) is 17.5.